The molecule has 2 amide bonds. The van der Waals surface area contributed by atoms with Gasteiger partial charge in [0.2, 0.25) is 0 Å². The number of carbonyl (C=O) groups excluding carboxylic acids is 2. The summed E-state index contributed by atoms with van der Waals surface area (Å²) in [6.07, 6.45) is 0.796. The Bertz CT molecular complexity index is 867. The first-order valence-corrected chi connectivity index (χ1v) is 10.9. The van der Waals surface area contributed by atoms with Crippen LogP contribution in [-0.4, -0.2) is 63.1 Å². The molecule has 2 aromatic rings. The van der Waals surface area contributed by atoms with Gasteiger partial charge in [-0.25, -0.2) is 0 Å². The van der Waals surface area contributed by atoms with Crippen LogP contribution in [0.1, 0.15) is 12.0 Å². The zero-order valence-corrected chi connectivity index (χ0v) is 18.5. The van der Waals surface area contributed by atoms with Crippen molar-refractivity contribution in [3.05, 3.63) is 59.1 Å². The van der Waals surface area contributed by atoms with Gasteiger partial charge in [-0.3, -0.25) is 14.5 Å². The first kappa shape index (κ1) is 22.9. The normalized spacial score (nSPS) is 14.2. The largest absolute Gasteiger partial charge is 0.495 e. The van der Waals surface area contributed by atoms with Crippen LogP contribution in [0, 0.1) is 0 Å². The molecule has 3 rings (SSSR count). The van der Waals surface area contributed by atoms with Crippen LogP contribution in [0.4, 0.5) is 5.69 Å². The van der Waals surface area contributed by atoms with Crippen LogP contribution >= 0.6 is 11.6 Å². The number of halogens is 1. The van der Waals surface area contributed by atoms with Crippen LogP contribution in [0.3, 0.4) is 0 Å². The molecule has 1 aliphatic rings. The van der Waals surface area contributed by atoms with Gasteiger partial charge < -0.3 is 20.3 Å². The van der Waals surface area contributed by atoms with Crippen molar-refractivity contribution in [2.45, 2.75) is 13.0 Å². The highest BCUT2D eigenvalue weighted by Crippen LogP contribution is 2.28. The highest BCUT2D eigenvalue weighted by molar-refractivity contribution is 6.35. The van der Waals surface area contributed by atoms with E-state index in [9.17, 15) is 9.59 Å². The predicted octanol–water partition coefficient (Wildman–Crippen LogP) is 2.29. The van der Waals surface area contributed by atoms with Gasteiger partial charge in [-0.05, 0) is 42.8 Å². The minimum atomic E-state index is -0.625. The van der Waals surface area contributed by atoms with Crippen LogP contribution < -0.4 is 20.3 Å². The molecule has 166 valence electrons. The second-order valence-corrected chi connectivity index (χ2v) is 7.86. The molecule has 7 nitrogen and oxygen atoms in total. The number of hydrogen-bond donors (Lipinski definition) is 2. The lowest BCUT2D eigenvalue weighted by molar-refractivity contribution is -0.139. The Morgan fingerprint density at radius 2 is 1.65 bits per heavy atom. The molecule has 0 radical (unpaired) electrons. The number of rotatable bonds is 8. The van der Waals surface area contributed by atoms with Crippen molar-refractivity contribution in [2.24, 2.45) is 0 Å². The molecular formula is C23H29ClN4O3. The van der Waals surface area contributed by atoms with Crippen LogP contribution in [-0.2, 0) is 16.1 Å². The summed E-state index contributed by atoms with van der Waals surface area (Å²) in [5, 5.41) is 5.94. The first-order valence-electron chi connectivity index (χ1n) is 10.5. The van der Waals surface area contributed by atoms with Gasteiger partial charge in [0.15, 0.2) is 0 Å². The lowest BCUT2D eigenvalue weighted by Crippen LogP contribution is -2.47. The Morgan fingerprint density at radius 1 is 0.968 bits per heavy atom. The van der Waals surface area contributed by atoms with Crippen molar-refractivity contribution in [2.75, 3.05) is 51.3 Å². The number of anilines is 1. The number of nitrogens with zero attached hydrogens (tertiary/aromatic N) is 2. The minimum absolute atomic E-state index is 0.292. The number of piperazine rings is 1. The van der Waals surface area contributed by atoms with Gasteiger partial charge in [-0.1, -0.05) is 35.9 Å². The fraction of sp³-hybridized carbons (Fsp3) is 0.391. The average Bonchev–Trinajstić information content (AvgIpc) is 2.81. The van der Waals surface area contributed by atoms with Crippen molar-refractivity contribution in [3.63, 3.8) is 0 Å². The Balaban J connectivity index is 1.30. The molecule has 2 aromatic carbocycles. The van der Waals surface area contributed by atoms with E-state index >= 15 is 0 Å². The molecule has 1 fully saturated rings. The van der Waals surface area contributed by atoms with Gasteiger partial charge >= 0.3 is 11.8 Å². The molecule has 1 aliphatic heterocycles. The molecule has 0 bridgehead atoms. The van der Waals surface area contributed by atoms with E-state index in [0.717, 1.165) is 56.1 Å². The van der Waals surface area contributed by atoms with E-state index in [1.165, 1.54) is 0 Å². The van der Waals surface area contributed by atoms with Crippen molar-refractivity contribution in [3.8, 4) is 5.75 Å². The highest BCUT2D eigenvalue weighted by Gasteiger charge is 2.19. The zero-order valence-electron chi connectivity index (χ0n) is 17.8. The third kappa shape index (κ3) is 6.87. The maximum Gasteiger partial charge on any atom is 0.309 e. The molecule has 1 heterocycles. The number of hydrogen-bond acceptors (Lipinski definition) is 5. The van der Waals surface area contributed by atoms with E-state index in [1.54, 1.807) is 19.2 Å². The Hall–Kier alpha value is -2.77. The summed E-state index contributed by atoms with van der Waals surface area (Å²) >= 11 is 5.84. The van der Waals surface area contributed by atoms with Crippen molar-refractivity contribution < 1.29 is 14.3 Å². The average molecular weight is 445 g/mol. The lowest BCUT2D eigenvalue weighted by Gasteiger charge is -2.36. The Labute approximate surface area is 188 Å². The monoisotopic (exact) mass is 444 g/mol. The minimum Gasteiger partial charge on any atom is -0.495 e. The second-order valence-electron chi connectivity index (χ2n) is 7.42. The van der Waals surface area contributed by atoms with E-state index in [-0.39, 0.29) is 0 Å². The van der Waals surface area contributed by atoms with E-state index < -0.39 is 11.8 Å². The lowest BCUT2D eigenvalue weighted by atomic mass is 10.2. The quantitative estimate of drug-likeness (QED) is 0.482. The van der Waals surface area contributed by atoms with Crippen LogP contribution in [0.25, 0.3) is 0 Å². The molecule has 2 N–H and O–H groups in total. The molecule has 0 aliphatic carbocycles. The number of amides is 2. The molecule has 0 saturated carbocycles. The number of benzene rings is 2. The second kappa shape index (κ2) is 11.6. The van der Waals surface area contributed by atoms with E-state index in [1.807, 2.05) is 30.3 Å². The number of methoxy groups -OCH3 is 1. The summed E-state index contributed by atoms with van der Waals surface area (Å²) in [5.74, 6) is -0.330. The summed E-state index contributed by atoms with van der Waals surface area (Å²) in [5.41, 5.74) is 2.01. The molecule has 8 heteroatoms. The Morgan fingerprint density at radius 3 is 2.35 bits per heavy atom. The zero-order chi connectivity index (χ0) is 22.1. The van der Waals surface area contributed by atoms with Crippen molar-refractivity contribution in [1.29, 1.82) is 0 Å². The van der Waals surface area contributed by atoms with Crippen LogP contribution in [0.15, 0.2) is 48.5 Å². The molecule has 0 aromatic heterocycles. The standard InChI is InChI=1S/C23H29ClN4O3/c1-31-21-6-3-2-5-20(21)28-15-13-27(14-16-28)12-4-11-25-22(29)23(30)26-17-18-7-9-19(24)10-8-18/h2-3,5-10H,4,11-17H2,1H3,(H,25,29)(H,26,30). The molecule has 31 heavy (non-hydrogen) atoms. The Kier molecular flexibility index (Phi) is 8.55. The van der Waals surface area contributed by atoms with Crippen LogP contribution in [0.2, 0.25) is 5.02 Å². The summed E-state index contributed by atoms with van der Waals surface area (Å²) in [7, 11) is 1.70. The highest BCUT2D eigenvalue weighted by atomic mass is 35.5. The fourth-order valence-corrected chi connectivity index (χ4v) is 3.68. The van der Waals surface area contributed by atoms with Crippen molar-refractivity contribution in [1.82, 2.24) is 15.5 Å². The number of carbonyl (C=O) groups is 2. The van der Waals surface area contributed by atoms with Gasteiger partial charge in [-0.15, -0.1) is 0 Å². The molecule has 1 saturated heterocycles. The van der Waals surface area contributed by atoms with Gasteiger partial charge in [0, 0.05) is 44.3 Å². The third-order valence-corrected chi connectivity index (χ3v) is 5.56. The van der Waals surface area contributed by atoms with Gasteiger partial charge in [-0.2, -0.15) is 0 Å². The molecule has 0 unspecified atom stereocenters. The summed E-state index contributed by atoms with van der Waals surface area (Å²) in [6, 6.07) is 15.2. The smallest absolute Gasteiger partial charge is 0.309 e. The first-order chi connectivity index (χ1) is 15.1. The van der Waals surface area contributed by atoms with Crippen LogP contribution in [0.5, 0.6) is 5.75 Å². The maximum atomic E-state index is 12.0. The van der Waals surface area contributed by atoms with E-state index in [4.69, 9.17) is 16.3 Å². The maximum absolute atomic E-state index is 12.0. The number of para-hydroxylation sites is 2. The fourth-order valence-electron chi connectivity index (χ4n) is 3.55. The SMILES string of the molecule is COc1ccccc1N1CCN(CCCNC(=O)C(=O)NCc2ccc(Cl)cc2)CC1. The molecule has 0 spiro atoms. The summed E-state index contributed by atoms with van der Waals surface area (Å²) < 4.78 is 5.46. The van der Waals surface area contributed by atoms with Gasteiger partial charge in [0.1, 0.15) is 5.75 Å². The van der Waals surface area contributed by atoms with Crippen molar-refractivity contribution >= 4 is 29.1 Å². The van der Waals surface area contributed by atoms with E-state index in [2.05, 4.69) is 26.5 Å². The van der Waals surface area contributed by atoms with Gasteiger partial charge in [0.05, 0.1) is 12.8 Å². The molecular weight excluding hydrogens is 416 g/mol. The molecule has 0 atom stereocenters. The summed E-state index contributed by atoms with van der Waals surface area (Å²) in [4.78, 5) is 28.6. The third-order valence-electron chi connectivity index (χ3n) is 5.31. The van der Waals surface area contributed by atoms with Gasteiger partial charge in [0.25, 0.3) is 0 Å². The predicted molar refractivity (Wildman–Crippen MR) is 123 cm³/mol. The summed E-state index contributed by atoms with van der Waals surface area (Å²) in [6.45, 7) is 5.41. The number of nitrogens with one attached hydrogen (secondary N) is 2. The van der Waals surface area contributed by atoms with E-state index in [0.29, 0.717) is 18.1 Å². The number of ether oxygens (including phenoxy) is 1. The topological polar surface area (TPSA) is 73.9 Å².